The average molecular weight is 340 g/mol. The Kier molecular flexibility index (Phi) is 4.55. The lowest BCUT2D eigenvalue weighted by molar-refractivity contribution is 0.188. The van der Waals surface area contributed by atoms with Crippen LogP contribution in [0.5, 0.6) is 5.75 Å². The van der Waals surface area contributed by atoms with Crippen LogP contribution in [0.4, 0.5) is 5.82 Å². The summed E-state index contributed by atoms with van der Waals surface area (Å²) in [6.45, 7) is 7.15. The van der Waals surface area contributed by atoms with Crippen molar-refractivity contribution < 1.29 is 9.84 Å². The molecule has 1 aromatic carbocycles. The van der Waals surface area contributed by atoms with Crippen LogP contribution in [0.15, 0.2) is 24.3 Å². The fourth-order valence-electron chi connectivity index (χ4n) is 3.65. The lowest BCUT2D eigenvalue weighted by Gasteiger charge is -2.36. The predicted molar refractivity (Wildman–Crippen MR) is 96.1 cm³/mol. The smallest absolute Gasteiger partial charge is 0.136 e. The Labute approximate surface area is 148 Å². The highest BCUT2D eigenvalue weighted by atomic mass is 16.5. The molecule has 6 heteroatoms. The van der Waals surface area contributed by atoms with E-state index in [1.54, 1.807) is 0 Å². The van der Waals surface area contributed by atoms with Gasteiger partial charge in [0.05, 0.1) is 12.3 Å². The number of piperazine rings is 1. The normalized spacial score (nSPS) is 17.4. The predicted octanol–water partition coefficient (Wildman–Crippen LogP) is 1.38. The molecule has 1 saturated heterocycles. The number of nitrogens with zero attached hydrogens (tertiary/aromatic N) is 4. The third-order valence-corrected chi connectivity index (χ3v) is 4.98. The number of β-amino-alcohol motifs (C(OH)–C–C–N with tert-alkyl or cyclic N) is 1. The summed E-state index contributed by atoms with van der Waals surface area (Å²) in [5, 5.41) is 9.13. The van der Waals surface area contributed by atoms with Crippen LogP contribution in [0.3, 0.4) is 0 Å². The van der Waals surface area contributed by atoms with E-state index in [1.165, 1.54) is 11.1 Å². The van der Waals surface area contributed by atoms with Gasteiger partial charge in [0.25, 0.3) is 0 Å². The SMILES string of the molecule is Cc1nc2c(c(N3CCN(CCO)CC3)n1)Cc1ccccc1OC2. The molecular formula is C19H24N4O2. The summed E-state index contributed by atoms with van der Waals surface area (Å²) in [5.74, 6) is 2.78. The molecule has 0 atom stereocenters. The summed E-state index contributed by atoms with van der Waals surface area (Å²) in [7, 11) is 0. The van der Waals surface area contributed by atoms with Crippen molar-refractivity contribution in [2.24, 2.45) is 0 Å². The Balaban J connectivity index is 1.65. The van der Waals surface area contributed by atoms with Gasteiger partial charge in [-0.2, -0.15) is 0 Å². The van der Waals surface area contributed by atoms with Crippen molar-refractivity contribution in [2.45, 2.75) is 20.0 Å². The van der Waals surface area contributed by atoms with Crippen molar-refractivity contribution >= 4 is 5.82 Å². The van der Waals surface area contributed by atoms with E-state index in [-0.39, 0.29) is 6.61 Å². The van der Waals surface area contributed by atoms with Crippen molar-refractivity contribution in [3.63, 3.8) is 0 Å². The van der Waals surface area contributed by atoms with Crippen LogP contribution < -0.4 is 9.64 Å². The second-order valence-corrected chi connectivity index (χ2v) is 6.65. The number of benzene rings is 1. The molecule has 0 amide bonds. The topological polar surface area (TPSA) is 61.7 Å². The number of rotatable bonds is 3. The molecule has 0 spiro atoms. The average Bonchev–Trinajstić information content (AvgIpc) is 2.81. The van der Waals surface area contributed by atoms with Gasteiger partial charge >= 0.3 is 0 Å². The van der Waals surface area contributed by atoms with Crippen LogP contribution in [0.25, 0.3) is 0 Å². The third-order valence-electron chi connectivity index (χ3n) is 4.98. The van der Waals surface area contributed by atoms with Crippen molar-refractivity contribution in [2.75, 3.05) is 44.2 Å². The van der Waals surface area contributed by atoms with Gasteiger partial charge in [0.15, 0.2) is 0 Å². The molecule has 1 fully saturated rings. The summed E-state index contributed by atoms with van der Waals surface area (Å²) in [4.78, 5) is 14.1. The summed E-state index contributed by atoms with van der Waals surface area (Å²) >= 11 is 0. The molecule has 4 rings (SSSR count). The van der Waals surface area contributed by atoms with Crippen molar-refractivity contribution in [1.29, 1.82) is 0 Å². The van der Waals surface area contributed by atoms with Gasteiger partial charge in [0.1, 0.15) is 24.0 Å². The number of hydrogen-bond acceptors (Lipinski definition) is 6. The van der Waals surface area contributed by atoms with Crippen LogP contribution in [0.1, 0.15) is 22.6 Å². The minimum absolute atomic E-state index is 0.218. The first-order valence-corrected chi connectivity index (χ1v) is 8.90. The maximum absolute atomic E-state index is 9.13. The highest BCUT2D eigenvalue weighted by Gasteiger charge is 2.25. The summed E-state index contributed by atoms with van der Waals surface area (Å²) < 4.78 is 5.98. The Hall–Kier alpha value is -2.18. The van der Waals surface area contributed by atoms with E-state index in [9.17, 15) is 0 Å². The number of para-hydroxylation sites is 1. The molecule has 2 aliphatic rings. The molecule has 2 aromatic rings. The molecular weight excluding hydrogens is 316 g/mol. The number of aromatic nitrogens is 2. The van der Waals surface area contributed by atoms with E-state index in [4.69, 9.17) is 14.8 Å². The van der Waals surface area contributed by atoms with Gasteiger partial charge in [-0.25, -0.2) is 9.97 Å². The van der Waals surface area contributed by atoms with E-state index in [1.807, 2.05) is 19.1 Å². The van der Waals surface area contributed by atoms with E-state index in [2.05, 4.69) is 26.9 Å². The standard InChI is InChI=1S/C19H24N4O2/c1-14-20-17-13-25-18-5-3-2-4-15(18)12-16(17)19(21-14)23-8-6-22(7-9-23)10-11-24/h2-5,24H,6-13H2,1H3. The van der Waals surface area contributed by atoms with Gasteiger partial charge in [0, 0.05) is 44.7 Å². The van der Waals surface area contributed by atoms with Gasteiger partial charge in [-0.05, 0) is 18.6 Å². The quantitative estimate of drug-likeness (QED) is 0.911. The zero-order valence-electron chi connectivity index (χ0n) is 14.6. The molecule has 0 saturated carbocycles. The maximum atomic E-state index is 9.13. The van der Waals surface area contributed by atoms with Crippen LogP contribution in [-0.4, -0.2) is 59.3 Å². The van der Waals surface area contributed by atoms with Crippen molar-refractivity contribution in [3.05, 3.63) is 46.9 Å². The van der Waals surface area contributed by atoms with Gasteiger partial charge in [-0.1, -0.05) is 18.2 Å². The molecule has 132 valence electrons. The lowest BCUT2D eigenvalue weighted by atomic mass is 10.0. The molecule has 2 aliphatic heterocycles. The Morgan fingerprint density at radius 1 is 1.12 bits per heavy atom. The molecule has 0 radical (unpaired) electrons. The van der Waals surface area contributed by atoms with E-state index < -0.39 is 0 Å². The minimum Gasteiger partial charge on any atom is -0.487 e. The first kappa shape index (κ1) is 16.3. The van der Waals surface area contributed by atoms with Gasteiger partial charge < -0.3 is 14.7 Å². The number of hydrogen-bond donors (Lipinski definition) is 1. The molecule has 0 unspecified atom stereocenters. The second-order valence-electron chi connectivity index (χ2n) is 6.65. The molecule has 6 nitrogen and oxygen atoms in total. The van der Waals surface area contributed by atoms with Crippen molar-refractivity contribution in [3.8, 4) is 5.75 Å². The largest absolute Gasteiger partial charge is 0.487 e. The minimum atomic E-state index is 0.218. The first-order chi connectivity index (χ1) is 12.2. The lowest BCUT2D eigenvalue weighted by Crippen LogP contribution is -2.48. The fourth-order valence-corrected chi connectivity index (χ4v) is 3.65. The van der Waals surface area contributed by atoms with E-state index in [0.717, 1.165) is 62.2 Å². The highest BCUT2D eigenvalue weighted by Crippen LogP contribution is 2.32. The number of aliphatic hydroxyl groups excluding tert-OH is 1. The number of anilines is 1. The molecule has 0 aliphatic carbocycles. The van der Waals surface area contributed by atoms with E-state index in [0.29, 0.717) is 6.61 Å². The highest BCUT2D eigenvalue weighted by molar-refractivity contribution is 5.54. The Bertz CT molecular complexity index is 757. The van der Waals surface area contributed by atoms with Gasteiger partial charge in [-0.15, -0.1) is 0 Å². The second kappa shape index (κ2) is 6.98. The van der Waals surface area contributed by atoms with Crippen LogP contribution in [-0.2, 0) is 13.0 Å². The molecule has 0 bridgehead atoms. The molecule has 1 N–H and O–H groups in total. The zero-order valence-corrected chi connectivity index (χ0v) is 14.6. The fraction of sp³-hybridized carbons (Fsp3) is 0.474. The molecule has 3 heterocycles. The Morgan fingerprint density at radius 3 is 2.72 bits per heavy atom. The number of fused-ring (bicyclic) bond motifs is 2. The zero-order chi connectivity index (χ0) is 17.2. The monoisotopic (exact) mass is 340 g/mol. The van der Waals surface area contributed by atoms with E-state index >= 15 is 0 Å². The number of aliphatic hydroxyl groups is 1. The number of ether oxygens (including phenoxy) is 1. The van der Waals surface area contributed by atoms with Crippen molar-refractivity contribution in [1.82, 2.24) is 14.9 Å². The van der Waals surface area contributed by atoms with Gasteiger partial charge in [0.2, 0.25) is 0 Å². The molecule has 1 aromatic heterocycles. The summed E-state index contributed by atoms with van der Waals surface area (Å²) in [6, 6.07) is 8.20. The van der Waals surface area contributed by atoms with Crippen LogP contribution >= 0.6 is 0 Å². The van der Waals surface area contributed by atoms with Crippen LogP contribution in [0.2, 0.25) is 0 Å². The molecule has 25 heavy (non-hydrogen) atoms. The maximum Gasteiger partial charge on any atom is 0.136 e. The Morgan fingerprint density at radius 2 is 1.92 bits per heavy atom. The first-order valence-electron chi connectivity index (χ1n) is 8.90. The number of aryl methyl sites for hydroxylation is 1. The van der Waals surface area contributed by atoms with Gasteiger partial charge in [-0.3, -0.25) is 4.90 Å². The summed E-state index contributed by atoms with van der Waals surface area (Å²) in [6.07, 6.45) is 0.804. The third kappa shape index (κ3) is 3.32. The summed E-state index contributed by atoms with van der Waals surface area (Å²) in [5.41, 5.74) is 3.37. The van der Waals surface area contributed by atoms with Crippen LogP contribution in [0, 0.1) is 6.92 Å².